The van der Waals surface area contributed by atoms with Gasteiger partial charge in [-0.1, -0.05) is 12.1 Å². The molecule has 0 fully saturated rings. The summed E-state index contributed by atoms with van der Waals surface area (Å²) >= 11 is 1.37. The van der Waals surface area contributed by atoms with E-state index in [1.165, 1.54) is 35.8 Å². The molecule has 0 radical (unpaired) electrons. The summed E-state index contributed by atoms with van der Waals surface area (Å²) in [6, 6.07) is 6.06. The van der Waals surface area contributed by atoms with Crippen molar-refractivity contribution in [1.82, 2.24) is 4.90 Å². The summed E-state index contributed by atoms with van der Waals surface area (Å²) in [4.78, 5) is 23.1. The Morgan fingerprint density at radius 2 is 1.94 bits per heavy atom. The van der Waals surface area contributed by atoms with E-state index in [-0.39, 0.29) is 24.0 Å². The number of nitrogens with zero attached hydrogens (tertiary/aromatic N) is 1. The number of thioether (sulfide) groups is 1. The first kappa shape index (κ1) is 14.5. The number of likely N-dealkylation sites (N-methyl/N-ethyl adjacent to an activating group) is 1. The maximum atomic E-state index is 12.6. The Balaban J connectivity index is 2.31. The number of benzene rings is 1. The maximum absolute atomic E-state index is 12.6. The lowest BCUT2D eigenvalue weighted by Crippen LogP contribution is -2.33. The van der Waals surface area contributed by atoms with Crippen molar-refractivity contribution in [2.45, 2.75) is 5.75 Å². The van der Waals surface area contributed by atoms with Gasteiger partial charge in [-0.15, -0.1) is 11.8 Å². The number of amides is 1. The van der Waals surface area contributed by atoms with Gasteiger partial charge in [-0.3, -0.25) is 9.59 Å². The van der Waals surface area contributed by atoms with Crippen molar-refractivity contribution < 1.29 is 19.1 Å². The third-order valence-corrected chi connectivity index (χ3v) is 3.19. The second kappa shape index (κ2) is 7.00. The number of carboxylic acid groups (broad SMARTS) is 1. The van der Waals surface area contributed by atoms with Gasteiger partial charge in [-0.05, 0) is 17.7 Å². The number of rotatable bonds is 6. The van der Waals surface area contributed by atoms with Crippen molar-refractivity contribution in [1.29, 1.82) is 0 Å². The number of hydrogen-bond donors (Lipinski definition) is 1. The number of carbonyl (C=O) groups is 2. The lowest BCUT2D eigenvalue weighted by molar-refractivity contribution is -0.142. The van der Waals surface area contributed by atoms with E-state index in [0.29, 0.717) is 5.75 Å². The summed E-state index contributed by atoms with van der Waals surface area (Å²) in [5.41, 5.74) is 0.926. The molecular weight excluding hydrogens is 257 g/mol. The number of aliphatic carboxylic acids is 1. The second-order valence-corrected chi connectivity index (χ2v) is 4.75. The Hall–Kier alpha value is -1.56. The molecule has 1 aromatic rings. The van der Waals surface area contributed by atoms with Gasteiger partial charge in [0.1, 0.15) is 12.4 Å². The fourth-order valence-electron chi connectivity index (χ4n) is 1.24. The van der Waals surface area contributed by atoms with Crippen LogP contribution in [0.25, 0.3) is 0 Å². The normalized spacial score (nSPS) is 10.1. The first-order valence-corrected chi connectivity index (χ1v) is 6.42. The van der Waals surface area contributed by atoms with Crippen LogP contribution in [0.3, 0.4) is 0 Å². The molecule has 0 aliphatic heterocycles. The van der Waals surface area contributed by atoms with Crippen molar-refractivity contribution in [3.8, 4) is 0 Å². The van der Waals surface area contributed by atoms with E-state index in [4.69, 9.17) is 5.11 Å². The zero-order valence-corrected chi connectivity index (χ0v) is 10.7. The minimum absolute atomic E-state index is 0.209. The molecule has 98 valence electrons. The van der Waals surface area contributed by atoms with Gasteiger partial charge in [0.25, 0.3) is 0 Å². The molecule has 0 aliphatic rings. The van der Waals surface area contributed by atoms with Crippen molar-refractivity contribution >= 4 is 23.6 Å². The van der Waals surface area contributed by atoms with Gasteiger partial charge in [-0.25, -0.2) is 4.39 Å². The van der Waals surface area contributed by atoms with E-state index in [2.05, 4.69) is 0 Å². The Labute approximate surface area is 109 Å². The zero-order valence-electron chi connectivity index (χ0n) is 9.93. The monoisotopic (exact) mass is 271 g/mol. The van der Waals surface area contributed by atoms with Crippen molar-refractivity contribution in [3.63, 3.8) is 0 Å². The highest BCUT2D eigenvalue weighted by Crippen LogP contribution is 2.13. The highest BCUT2D eigenvalue weighted by atomic mass is 32.2. The minimum atomic E-state index is -1.03. The predicted molar refractivity (Wildman–Crippen MR) is 67.8 cm³/mol. The molecule has 0 aromatic heterocycles. The zero-order chi connectivity index (χ0) is 13.5. The molecule has 1 rings (SSSR count). The van der Waals surface area contributed by atoms with Crippen LogP contribution in [0.1, 0.15) is 5.56 Å². The molecule has 4 nitrogen and oxygen atoms in total. The number of hydrogen-bond acceptors (Lipinski definition) is 3. The molecule has 6 heteroatoms. The topological polar surface area (TPSA) is 57.6 Å². The molecule has 18 heavy (non-hydrogen) atoms. The van der Waals surface area contributed by atoms with Crippen LogP contribution in [0.2, 0.25) is 0 Å². The average molecular weight is 271 g/mol. The lowest BCUT2D eigenvalue weighted by atomic mass is 10.2. The van der Waals surface area contributed by atoms with Crippen molar-refractivity contribution in [2.75, 3.05) is 19.3 Å². The quantitative estimate of drug-likeness (QED) is 0.854. The fourth-order valence-corrected chi connectivity index (χ4v) is 2.16. The first-order chi connectivity index (χ1) is 8.49. The van der Waals surface area contributed by atoms with Crippen LogP contribution >= 0.6 is 11.8 Å². The fraction of sp³-hybridized carbons (Fsp3) is 0.333. The van der Waals surface area contributed by atoms with Gasteiger partial charge < -0.3 is 10.0 Å². The smallest absolute Gasteiger partial charge is 0.323 e. The maximum Gasteiger partial charge on any atom is 0.323 e. The summed E-state index contributed by atoms with van der Waals surface area (Å²) in [6.45, 7) is -0.296. The molecule has 0 bridgehead atoms. The van der Waals surface area contributed by atoms with E-state index in [1.54, 1.807) is 12.1 Å². The van der Waals surface area contributed by atoms with Crippen molar-refractivity contribution in [2.24, 2.45) is 0 Å². The third kappa shape index (κ3) is 5.18. The predicted octanol–water partition coefficient (Wildman–Crippen LogP) is 1.60. The van der Waals surface area contributed by atoms with E-state index in [1.807, 2.05) is 0 Å². The Kier molecular flexibility index (Phi) is 5.64. The van der Waals surface area contributed by atoms with Gasteiger partial charge in [0.2, 0.25) is 5.91 Å². The van der Waals surface area contributed by atoms with Crippen LogP contribution in [0, 0.1) is 5.82 Å². The van der Waals surface area contributed by atoms with Gasteiger partial charge in [0.15, 0.2) is 0 Å². The lowest BCUT2D eigenvalue weighted by Gasteiger charge is -2.13. The minimum Gasteiger partial charge on any atom is -0.480 e. The molecule has 1 aromatic carbocycles. The third-order valence-electron chi connectivity index (χ3n) is 2.21. The largest absolute Gasteiger partial charge is 0.480 e. The summed E-state index contributed by atoms with van der Waals surface area (Å²) < 4.78 is 12.6. The van der Waals surface area contributed by atoms with Crippen LogP contribution in [0.5, 0.6) is 0 Å². The van der Waals surface area contributed by atoms with E-state index >= 15 is 0 Å². The molecule has 0 atom stereocenters. The molecule has 0 saturated heterocycles. The van der Waals surface area contributed by atoms with Crippen LogP contribution in [-0.2, 0) is 15.3 Å². The molecule has 0 saturated carbocycles. The SMILES string of the molecule is CN(CC(=O)O)C(=O)CSCc1ccc(F)cc1. The summed E-state index contributed by atoms with van der Waals surface area (Å²) in [6.07, 6.45) is 0. The first-order valence-electron chi connectivity index (χ1n) is 5.27. The molecule has 1 amide bonds. The van der Waals surface area contributed by atoms with Crippen LogP contribution in [-0.4, -0.2) is 41.2 Å². The van der Waals surface area contributed by atoms with E-state index < -0.39 is 5.97 Å². The van der Waals surface area contributed by atoms with Crippen LogP contribution in [0.4, 0.5) is 4.39 Å². The van der Waals surface area contributed by atoms with Crippen LogP contribution in [0.15, 0.2) is 24.3 Å². The second-order valence-electron chi connectivity index (χ2n) is 3.76. The Bertz CT molecular complexity index is 422. The van der Waals surface area contributed by atoms with E-state index in [9.17, 15) is 14.0 Å². The molecule has 0 heterocycles. The van der Waals surface area contributed by atoms with Crippen molar-refractivity contribution in [3.05, 3.63) is 35.6 Å². The van der Waals surface area contributed by atoms with Gasteiger partial charge >= 0.3 is 5.97 Å². The van der Waals surface area contributed by atoms with E-state index in [0.717, 1.165) is 5.56 Å². The average Bonchev–Trinajstić information content (AvgIpc) is 2.30. The van der Waals surface area contributed by atoms with Gasteiger partial charge in [0.05, 0.1) is 5.75 Å². The van der Waals surface area contributed by atoms with Gasteiger partial charge in [0, 0.05) is 12.8 Å². The molecular formula is C12H14FNO3S. The highest BCUT2D eigenvalue weighted by molar-refractivity contribution is 7.99. The Morgan fingerprint density at radius 3 is 2.50 bits per heavy atom. The summed E-state index contributed by atoms with van der Waals surface area (Å²) in [5, 5.41) is 8.53. The molecule has 0 unspecified atom stereocenters. The molecule has 0 aliphatic carbocycles. The number of carbonyl (C=O) groups excluding carboxylic acids is 1. The Morgan fingerprint density at radius 1 is 1.33 bits per heavy atom. The van der Waals surface area contributed by atoms with Gasteiger partial charge in [-0.2, -0.15) is 0 Å². The van der Waals surface area contributed by atoms with Crippen LogP contribution < -0.4 is 0 Å². The highest BCUT2D eigenvalue weighted by Gasteiger charge is 2.11. The number of carboxylic acids is 1. The molecule has 1 N–H and O–H groups in total. The summed E-state index contributed by atoms with van der Waals surface area (Å²) in [5.74, 6) is -0.756. The summed E-state index contributed by atoms with van der Waals surface area (Å²) in [7, 11) is 1.45. The molecule has 0 spiro atoms. The number of halogens is 1. The standard InChI is InChI=1S/C12H14FNO3S/c1-14(6-12(16)17)11(15)8-18-7-9-2-4-10(13)5-3-9/h2-5H,6-8H2,1H3,(H,16,17).